The molecule has 0 amide bonds. The Hall–Kier alpha value is -0.300. The largest absolute Gasteiger partial charge is 0.328 e. The number of fused-ring (bicyclic) bond motifs is 5. The lowest BCUT2D eigenvalue weighted by atomic mass is 9.44. The maximum atomic E-state index is 6.35. The molecule has 0 spiro atoms. The molecule has 1 nitrogen and oxygen atoms in total. The zero-order valence-corrected chi connectivity index (χ0v) is 17.0. The maximum absolute atomic E-state index is 6.35. The molecular formula is C24H41N. The van der Waals surface area contributed by atoms with Crippen molar-refractivity contribution in [2.75, 3.05) is 0 Å². The van der Waals surface area contributed by atoms with Crippen LogP contribution < -0.4 is 5.73 Å². The van der Waals surface area contributed by atoms with E-state index >= 15 is 0 Å². The molecule has 0 aromatic rings. The molecule has 9 atom stereocenters. The van der Waals surface area contributed by atoms with Gasteiger partial charge in [-0.2, -0.15) is 0 Å². The summed E-state index contributed by atoms with van der Waals surface area (Å²) in [7, 11) is 0. The first kappa shape index (κ1) is 18.1. The smallest absolute Gasteiger partial charge is 0.00418 e. The molecule has 2 N–H and O–H groups in total. The summed E-state index contributed by atoms with van der Waals surface area (Å²) in [6.45, 7) is 11.8. The molecule has 4 saturated carbocycles. The molecule has 0 saturated heterocycles. The lowest BCUT2D eigenvalue weighted by Gasteiger charge is -2.61. The third kappa shape index (κ3) is 2.67. The average Bonchev–Trinajstić information content (AvgIpc) is 2.93. The van der Waals surface area contributed by atoms with Crippen LogP contribution in [-0.2, 0) is 0 Å². The topological polar surface area (TPSA) is 26.0 Å². The molecule has 0 aromatic heterocycles. The first-order valence-electron chi connectivity index (χ1n) is 11.3. The summed E-state index contributed by atoms with van der Waals surface area (Å²) < 4.78 is 0. The van der Waals surface area contributed by atoms with Crippen LogP contribution in [-0.4, -0.2) is 6.04 Å². The number of hydrogen-bond acceptors (Lipinski definition) is 1. The van der Waals surface area contributed by atoms with E-state index in [0.717, 1.165) is 35.5 Å². The second-order valence-corrected chi connectivity index (χ2v) is 10.9. The number of nitrogens with two attached hydrogens (primary N) is 1. The first-order valence-corrected chi connectivity index (χ1v) is 11.3. The number of allylic oxidation sites excluding steroid dienone is 1. The lowest BCUT2D eigenvalue weighted by Crippen LogP contribution is -2.54. The van der Waals surface area contributed by atoms with Crippen LogP contribution in [0.4, 0.5) is 0 Å². The normalized spacial score (nSPS) is 53.4. The number of hydrogen-bond donors (Lipinski definition) is 1. The van der Waals surface area contributed by atoms with E-state index in [9.17, 15) is 0 Å². The van der Waals surface area contributed by atoms with E-state index in [4.69, 9.17) is 5.73 Å². The zero-order valence-electron chi connectivity index (χ0n) is 17.0. The highest BCUT2D eigenvalue weighted by atomic mass is 14.7. The van der Waals surface area contributed by atoms with E-state index in [2.05, 4.69) is 33.4 Å². The van der Waals surface area contributed by atoms with Gasteiger partial charge in [0.05, 0.1) is 0 Å². The molecule has 4 aliphatic rings. The molecule has 142 valence electrons. The molecule has 4 fully saturated rings. The Labute approximate surface area is 156 Å². The fraction of sp³-hybridized carbons (Fsp3) is 0.917. The van der Waals surface area contributed by atoms with Crippen LogP contribution in [0.3, 0.4) is 0 Å². The average molecular weight is 344 g/mol. The summed E-state index contributed by atoms with van der Waals surface area (Å²) in [4.78, 5) is 0. The van der Waals surface area contributed by atoms with Crippen LogP contribution >= 0.6 is 0 Å². The van der Waals surface area contributed by atoms with Crippen molar-refractivity contribution in [3.63, 3.8) is 0 Å². The Morgan fingerprint density at radius 3 is 2.48 bits per heavy atom. The quantitative estimate of drug-likeness (QED) is 0.608. The molecule has 0 aliphatic heterocycles. The minimum atomic E-state index is 0.485. The molecule has 4 aliphatic carbocycles. The highest BCUT2D eigenvalue weighted by Gasteiger charge is 2.60. The summed E-state index contributed by atoms with van der Waals surface area (Å²) >= 11 is 0. The van der Waals surface area contributed by atoms with Crippen molar-refractivity contribution >= 4 is 0 Å². The van der Waals surface area contributed by atoms with Crippen molar-refractivity contribution < 1.29 is 0 Å². The minimum absolute atomic E-state index is 0.485. The predicted molar refractivity (Wildman–Crippen MR) is 107 cm³/mol. The summed E-state index contributed by atoms with van der Waals surface area (Å²) in [5.41, 5.74) is 7.56. The van der Waals surface area contributed by atoms with Crippen LogP contribution in [0.25, 0.3) is 0 Å². The van der Waals surface area contributed by atoms with E-state index in [-0.39, 0.29) is 0 Å². The Kier molecular flexibility index (Phi) is 4.63. The fourth-order valence-corrected chi connectivity index (χ4v) is 8.69. The Balaban J connectivity index is 1.57. The number of rotatable bonds is 3. The lowest BCUT2D eigenvalue weighted by molar-refractivity contribution is -0.116. The summed E-state index contributed by atoms with van der Waals surface area (Å²) in [6.07, 6.45) is 16.3. The molecule has 0 heterocycles. The van der Waals surface area contributed by atoms with Gasteiger partial charge in [-0.1, -0.05) is 26.8 Å². The molecule has 1 heteroatoms. The maximum Gasteiger partial charge on any atom is 0.00418 e. The third-order valence-corrected chi connectivity index (χ3v) is 10.0. The monoisotopic (exact) mass is 343 g/mol. The van der Waals surface area contributed by atoms with Crippen molar-refractivity contribution in [2.45, 2.75) is 91.0 Å². The summed E-state index contributed by atoms with van der Waals surface area (Å²) in [5.74, 6) is 5.67. The molecule has 0 bridgehead atoms. The minimum Gasteiger partial charge on any atom is -0.328 e. The van der Waals surface area contributed by atoms with Gasteiger partial charge in [0, 0.05) is 6.04 Å². The van der Waals surface area contributed by atoms with Crippen molar-refractivity contribution in [3.8, 4) is 0 Å². The van der Waals surface area contributed by atoms with E-state index in [1.807, 2.05) is 0 Å². The van der Waals surface area contributed by atoms with E-state index in [1.165, 1.54) is 64.2 Å². The molecule has 4 rings (SSSR count). The third-order valence-electron chi connectivity index (χ3n) is 10.0. The Morgan fingerprint density at radius 2 is 1.72 bits per heavy atom. The van der Waals surface area contributed by atoms with Gasteiger partial charge >= 0.3 is 0 Å². The molecule has 3 unspecified atom stereocenters. The standard InChI is InChI=1S/C24H41N/c1-5-6-16(2)20-9-10-21-19-8-7-17-15-18(25)11-13-23(17,3)22(19)12-14-24(20,21)4/h5,16-22H,1,6-15,25H2,2-4H3/t16?,17?,18?,19-,20+,21-,22-,23-,24+/m0/s1. The van der Waals surface area contributed by atoms with Gasteiger partial charge in [0.2, 0.25) is 0 Å². The SMILES string of the molecule is C=CCC(C)[C@H]1CC[C@H]2[C@@H]3CCC4CC(N)CC[C@]4(C)[C@H]3CC[C@]12C. The molecule has 25 heavy (non-hydrogen) atoms. The van der Waals surface area contributed by atoms with Gasteiger partial charge in [-0.05, 0) is 111 Å². The second-order valence-electron chi connectivity index (χ2n) is 10.9. The second kappa shape index (κ2) is 6.39. The van der Waals surface area contributed by atoms with Crippen molar-refractivity contribution in [1.29, 1.82) is 0 Å². The Morgan fingerprint density at radius 1 is 1.00 bits per heavy atom. The van der Waals surface area contributed by atoms with E-state index in [1.54, 1.807) is 0 Å². The van der Waals surface area contributed by atoms with Gasteiger partial charge < -0.3 is 5.73 Å². The zero-order chi connectivity index (χ0) is 17.8. The van der Waals surface area contributed by atoms with Crippen LogP contribution in [0.5, 0.6) is 0 Å². The van der Waals surface area contributed by atoms with Crippen molar-refractivity contribution in [3.05, 3.63) is 12.7 Å². The van der Waals surface area contributed by atoms with Crippen molar-refractivity contribution in [1.82, 2.24) is 0 Å². The van der Waals surface area contributed by atoms with Crippen LogP contribution in [0.1, 0.15) is 85.0 Å². The Bertz CT molecular complexity index is 512. The summed E-state index contributed by atoms with van der Waals surface area (Å²) in [6, 6.07) is 0.485. The first-order chi connectivity index (χ1) is 11.9. The molecule has 0 radical (unpaired) electrons. The van der Waals surface area contributed by atoms with Gasteiger partial charge in [-0.3, -0.25) is 0 Å². The van der Waals surface area contributed by atoms with Gasteiger partial charge in [-0.15, -0.1) is 6.58 Å². The van der Waals surface area contributed by atoms with E-state index < -0.39 is 0 Å². The highest BCUT2D eigenvalue weighted by molar-refractivity contribution is 5.10. The molecule has 0 aromatic carbocycles. The van der Waals surface area contributed by atoms with E-state index in [0.29, 0.717) is 16.9 Å². The van der Waals surface area contributed by atoms with Crippen molar-refractivity contribution in [2.24, 2.45) is 52.1 Å². The van der Waals surface area contributed by atoms with Gasteiger partial charge in [0.1, 0.15) is 0 Å². The van der Waals surface area contributed by atoms with Crippen LogP contribution in [0.2, 0.25) is 0 Å². The predicted octanol–water partition coefficient (Wildman–Crippen LogP) is 6.18. The van der Waals surface area contributed by atoms with Gasteiger partial charge in [0.25, 0.3) is 0 Å². The van der Waals surface area contributed by atoms with Crippen LogP contribution in [0, 0.1) is 46.3 Å². The van der Waals surface area contributed by atoms with Gasteiger partial charge in [-0.25, -0.2) is 0 Å². The van der Waals surface area contributed by atoms with Crippen LogP contribution in [0.15, 0.2) is 12.7 Å². The fourth-order valence-electron chi connectivity index (χ4n) is 8.69. The molecular weight excluding hydrogens is 302 g/mol. The summed E-state index contributed by atoms with van der Waals surface area (Å²) in [5, 5.41) is 0. The van der Waals surface area contributed by atoms with Gasteiger partial charge in [0.15, 0.2) is 0 Å². The highest BCUT2D eigenvalue weighted by Crippen LogP contribution is 2.68.